The molecule has 5 rings (SSSR count). The van der Waals surface area contributed by atoms with E-state index in [1.807, 2.05) is 12.3 Å². The smallest absolute Gasteiger partial charge is 0.133 e. The Balaban J connectivity index is 1.79. The largest absolute Gasteiger partial charge is 0.496 e. The third kappa shape index (κ3) is 1.79. The lowest BCUT2D eigenvalue weighted by atomic mass is 9.84. The van der Waals surface area contributed by atoms with Crippen molar-refractivity contribution in [2.24, 2.45) is 5.92 Å². The summed E-state index contributed by atoms with van der Waals surface area (Å²) < 4.78 is 8.60. The molecule has 1 aromatic carbocycles. The van der Waals surface area contributed by atoms with Gasteiger partial charge in [0.05, 0.1) is 29.3 Å². The van der Waals surface area contributed by atoms with Crippen molar-refractivity contribution in [2.75, 3.05) is 26.7 Å². The summed E-state index contributed by atoms with van der Waals surface area (Å²) >= 11 is 3.63. The summed E-state index contributed by atoms with van der Waals surface area (Å²) in [6.07, 6.45) is 4.58. The first-order chi connectivity index (χ1) is 9.78. The molecule has 20 heavy (non-hydrogen) atoms. The molecule has 1 aromatic heterocycles. The highest BCUT2D eigenvalue weighted by Gasteiger charge is 2.36. The molecule has 3 saturated heterocycles. The molecule has 4 heterocycles. The van der Waals surface area contributed by atoms with Crippen molar-refractivity contribution in [1.29, 1.82) is 0 Å². The van der Waals surface area contributed by atoms with Crippen molar-refractivity contribution in [3.8, 4) is 5.75 Å². The fourth-order valence-corrected chi connectivity index (χ4v) is 4.30. The number of rotatable bonds is 2. The van der Waals surface area contributed by atoms with E-state index in [0.29, 0.717) is 6.04 Å². The number of ether oxygens (including phenoxy) is 1. The van der Waals surface area contributed by atoms with E-state index in [0.717, 1.165) is 28.1 Å². The minimum atomic E-state index is 0.523. The highest BCUT2D eigenvalue weighted by molar-refractivity contribution is 9.10. The van der Waals surface area contributed by atoms with E-state index >= 15 is 0 Å². The van der Waals surface area contributed by atoms with Gasteiger partial charge in [0.1, 0.15) is 5.75 Å². The fraction of sp³-hybridized carbons (Fsp3) is 0.533. The fourth-order valence-electron chi connectivity index (χ4n) is 3.70. The molecule has 0 radical (unpaired) electrons. The van der Waals surface area contributed by atoms with Crippen LogP contribution in [0.4, 0.5) is 0 Å². The number of hydrogen-bond donors (Lipinski definition) is 0. The Labute approximate surface area is 126 Å². The Morgan fingerprint density at radius 2 is 2.10 bits per heavy atom. The minimum absolute atomic E-state index is 0.523. The lowest BCUT2D eigenvalue weighted by Crippen LogP contribution is -2.48. The quantitative estimate of drug-likeness (QED) is 0.844. The first kappa shape index (κ1) is 12.7. The van der Waals surface area contributed by atoms with Gasteiger partial charge in [-0.25, -0.2) is 0 Å². The maximum Gasteiger partial charge on any atom is 0.133 e. The molecule has 0 spiro atoms. The van der Waals surface area contributed by atoms with Gasteiger partial charge in [0, 0.05) is 11.9 Å². The SMILES string of the molecule is COc1ccc2c(cnn2[C@@H]2CN3CCC2CC3)c1Br. The van der Waals surface area contributed by atoms with Gasteiger partial charge in [-0.1, -0.05) is 0 Å². The van der Waals surface area contributed by atoms with Gasteiger partial charge in [-0.2, -0.15) is 5.10 Å². The third-order valence-electron chi connectivity index (χ3n) is 4.84. The summed E-state index contributed by atoms with van der Waals surface area (Å²) in [5.41, 5.74) is 1.21. The Hall–Kier alpha value is -1.07. The van der Waals surface area contributed by atoms with Crippen LogP contribution in [0.25, 0.3) is 10.9 Å². The Kier molecular flexibility index (Phi) is 3.00. The summed E-state index contributed by atoms with van der Waals surface area (Å²) in [6, 6.07) is 4.67. The molecule has 0 aliphatic carbocycles. The molecule has 0 saturated carbocycles. The van der Waals surface area contributed by atoms with Crippen LogP contribution in [0.3, 0.4) is 0 Å². The number of hydrogen-bond acceptors (Lipinski definition) is 3. The number of benzene rings is 1. The summed E-state index contributed by atoms with van der Waals surface area (Å²) in [4.78, 5) is 2.57. The van der Waals surface area contributed by atoms with Gasteiger partial charge in [0.2, 0.25) is 0 Å². The van der Waals surface area contributed by atoms with Crippen LogP contribution in [0.5, 0.6) is 5.75 Å². The Bertz CT molecular complexity index is 646. The molecule has 5 heteroatoms. The van der Waals surface area contributed by atoms with E-state index in [-0.39, 0.29) is 0 Å². The van der Waals surface area contributed by atoms with Crippen LogP contribution in [0.15, 0.2) is 22.8 Å². The zero-order valence-electron chi connectivity index (χ0n) is 11.6. The normalized spacial score (nSPS) is 29.0. The third-order valence-corrected chi connectivity index (χ3v) is 5.65. The second-order valence-electron chi connectivity index (χ2n) is 5.81. The number of nitrogens with zero attached hydrogens (tertiary/aromatic N) is 3. The standard InChI is InChI=1S/C15H18BrN3O/c1-20-14-3-2-12-11(15(14)16)8-17-19(12)13-9-18-6-4-10(13)5-7-18/h2-3,8,10,13H,4-7,9H2,1H3/t13-/m1/s1. The van der Waals surface area contributed by atoms with Crippen LogP contribution in [-0.4, -0.2) is 41.4 Å². The van der Waals surface area contributed by atoms with Crippen LogP contribution in [0, 0.1) is 5.92 Å². The van der Waals surface area contributed by atoms with Gasteiger partial charge < -0.3 is 9.64 Å². The monoisotopic (exact) mass is 335 g/mol. The predicted octanol–water partition coefficient (Wildman–Crippen LogP) is 3.07. The lowest BCUT2D eigenvalue weighted by molar-refractivity contribution is 0.0534. The highest BCUT2D eigenvalue weighted by atomic mass is 79.9. The number of aromatic nitrogens is 2. The summed E-state index contributed by atoms with van der Waals surface area (Å²) in [6.45, 7) is 3.67. The van der Waals surface area contributed by atoms with E-state index in [1.165, 1.54) is 31.4 Å². The zero-order valence-corrected chi connectivity index (χ0v) is 13.1. The predicted molar refractivity (Wildman–Crippen MR) is 82.2 cm³/mol. The van der Waals surface area contributed by atoms with Crippen molar-refractivity contribution in [2.45, 2.75) is 18.9 Å². The molecule has 3 aliphatic rings. The molecule has 0 unspecified atom stereocenters. The molecule has 3 aliphatic heterocycles. The molecule has 1 atom stereocenters. The van der Waals surface area contributed by atoms with E-state index in [1.54, 1.807) is 7.11 Å². The van der Waals surface area contributed by atoms with Crippen molar-refractivity contribution in [1.82, 2.24) is 14.7 Å². The van der Waals surface area contributed by atoms with Crippen LogP contribution >= 0.6 is 15.9 Å². The first-order valence-electron chi connectivity index (χ1n) is 7.20. The van der Waals surface area contributed by atoms with Crippen LogP contribution < -0.4 is 4.74 Å². The summed E-state index contributed by atoms with van der Waals surface area (Å²) in [5.74, 6) is 1.65. The average Bonchev–Trinajstić information content (AvgIpc) is 2.93. The molecular formula is C15H18BrN3O. The second-order valence-corrected chi connectivity index (χ2v) is 6.60. The van der Waals surface area contributed by atoms with E-state index < -0.39 is 0 Å². The van der Waals surface area contributed by atoms with Gasteiger partial charge in [0.15, 0.2) is 0 Å². The van der Waals surface area contributed by atoms with E-state index in [9.17, 15) is 0 Å². The summed E-state index contributed by atoms with van der Waals surface area (Å²) in [5, 5.41) is 5.82. The van der Waals surface area contributed by atoms with E-state index in [2.05, 4.69) is 36.7 Å². The molecule has 3 fully saturated rings. The number of methoxy groups -OCH3 is 1. The second kappa shape index (κ2) is 4.74. The molecular weight excluding hydrogens is 318 g/mol. The number of halogens is 1. The first-order valence-corrected chi connectivity index (χ1v) is 7.99. The lowest BCUT2D eigenvalue weighted by Gasteiger charge is -2.44. The van der Waals surface area contributed by atoms with Crippen LogP contribution in [0.1, 0.15) is 18.9 Å². The number of piperidine rings is 3. The van der Waals surface area contributed by atoms with Crippen LogP contribution in [0.2, 0.25) is 0 Å². The average molecular weight is 336 g/mol. The molecule has 2 aromatic rings. The van der Waals surface area contributed by atoms with Crippen molar-refractivity contribution >= 4 is 26.8 Å². The topological polar surface area (TPSA) is 30.3 Å². The van der Waals surface area contributed by atoms with E-state index in [4.69, 9.17) is 4.74 Å². The Morgan fingerprint density at radius 1 is 1.30 bits per heavy atom. The highest BCUT2D eigenvalue weighted by Crippen LogP contribution is 2.39. The summed E-state index contributed by atoms with van der Waals surface area (Å²) in [7, 11) is 1.70. The Morgan fingerprint density at radius 3 is 2.75 bits per heavy atom. The molecule has 0 N–H and O–H groups in total. The van der Waals surface area contributed by atoms with Crippen molar-refractivity contribution in [3.63, 3.8) is 0 Å². The van der Waals surface area contributed by atoms with Gasteiger partial charge in [0.25, 0.3) is 0 Å². The number of fused-ring (bicyclic) bond motifs is 4. The van der Waals surface area contributed by atoms with Crippen molar-refractivity contribution in [3.05, 3.63) is 22.8 Å². The molecule has 0 amide bonds. The van der Waals surface area contributed by atoms with Gasteiger partial charge >= 0.3 is 0 Å². The zero-order chi connectivity index (χ0) is 13.7. The minimum Gasteiger partial charge on any atom is -0.496 e. The van der Waals surface area contributed by atoms with Gasteiger partial charge in [-0.3, -0.25) is 4.68 Å². The van der Waals surface area contributed by atoms with Gasteiger partial charge in [-0.15, -0.1) is 0 Å². The van der Waals surface area contributed by atoms with Gasteiger partial charge in [-0.05, 0) is 59.9 Å². The molecule has 106 valence electrons. The maximum atomic E-state index is 5.37. The van der Waals surface area contributed by atoms with Crippen LogP contribution in [-0.2, 0) is 0 Å². The molecule has 4 nitrogen and oxygen atoms in total. The molecule has 2 bridgehead atoms. The maximum absolute atomic E-state index is 5.37. The van der Waals surface area contributed by atoms with Crippen molar-refractivity contribution < 1.29 is 4.74 Å².